The van der Waals surface area contributed by atoms with Gasteiger partial charge in [0.15, 0.2) is 0 Å². The quantitative estimate of drug-likeness (QED) is 0.0134. The number of ether oxygens (including phenoxy) is 12. The van der Waals surface area contributed by atoms with E-state index in [4.69, 9.17) is 56.8 Å². The standard InChI is InChI=1S/C23H30O6.2C21H26O6.C19H22O6/c1-2-21(24)27-15-6-7-16-28-22(25)19-10-12-20(13-11-19)23(26)29-17-14-18-8-4-3-5-9-18;1-2-19(22)25-14-6-7-15-26-20(23)16-10-12-17(13-11-16)21(24)27-18-8-4-3-5-9-18;1-2-19(22)25-14-15-27-21(24)18-10-8-17(9-11-18)20(23)26-13-12-16-6-4-3-5-7-16;1-2-17(20)23-12-13-24-18(21)14-8-10-15(11-9-14)19(22)25-16-6-4-3-5-7-16/h2-5,8-9,19-20H,1,6-7,10-17H2;2-5,8-9,16-17H,1,6-7,10-15H2;2-7,17-18H,1,8-15H2;2-7,14-15H,1,8-13H2. The van der Waals surface area contributed by atoms with Gasteiger partial charge in [-0.05, 0) is 164 Å². The molecule has 0 aromatic heterocycles. The van der Waals surface area contributed by atoms with Crippen molar-refractivity contribution in [2.45, 2.75) is 141 Å². The Balaban J connectivity index is 0.000000258. The van der Waals surface area contributed by atoms with E-state index in [9.17, 15) is 57.5 Å². The summed E-state index contributed by atoms with van der Waals surface area (Å²) < 4.78 is 61.5. The number of carbonyl (C=O) groups excluding carboxylic acids is 12. The molecule has 24 heteroatoms. The van der Waals surface area contributed by atoms with Crippen molar-refractivity contribution < 1.29 is 114 Å². The minimum atomic E-state index is -0.548. The normalized spacial score (nSPS) is 19.0. The fourth-order valence-electron chi connectivity index (χ4n) is 12.1. The molecule has 108 heavy (non-hydrogen) atoms. The average Bonchev–Trinajstić information content (AvgIpc) is 0.878. The number of carbonyl (C=O) groups is 12. The minimum Gasteiger partial charge on any atom is -0.465 e. The van der Waals surface area contributed by atoms with Crippen molar-refractivity contribution in [3.05, 3.63) is 183 Å². The van der Waals surface area contributed by atoms with Crippen LogP contribution in [0, 0.1) is 47.3 Å². The maximum Gasteiger partial charge on any atom is 0.330 e. The van der Waals surface area contributed by atoms with Gasteiger partial charge < -0.3 is 56.8 Å². The Labute approximate surface area is 632 Å². The Morgan fingerprint density at radius 2 is 0.426 bits per heavy atom. The molecule has 0 amide bonds. The topological polar surface area (TPSA) is 316 Å². The molecule has 0 N–H and O–H groups in total. The minimum absolute atomic E-state index is 0.00927. The van der Waals surface area contributed by atoms with E-state index in [1.807, 2.05) is 97.1 Å². The largest absolute Gasteiger partial charge is 0.465 e. The lowest BCUT2D eigenvalue weighted by Gasteiger charge is -2.26. The number of unbranched alkanes of at least 4 members (excludes halogenated alkanes) is 2. The predicted octanol–water partition coefficient (Wildman–Crippen LogP) is 12.6. The lowest BCUT2D eigenvalue weighted by Crippen LogP contribution is -2.30. The first-order valence-corrected chi connectivity index (χ1v) is 37.2. The van der Waals surface area contributed by atoms with E-state index in [2.05, 4.69) is 26.3 Å². The van der Waals surface area contributed by atoms with Crippen molar-refractivity contribution in [2.75, 3.05) is 66.1 Å². The Kier molecular flexibility index (Phi) is 42.8. The van der Waals surface area contributed by atoms with Gasteiger partial charge in [0.25, 0.3) is 0 Å². The summed E-state index contributed by atoms with van der Waals surface area (Å²) in [6, 6.07) is 37.7. The van der Waals surface area contributed by atoms with Crippen LogP contribution in [0.3, 0.4) is 0 Å². The van der Waals surface area contributed by atoms with Crippen molar-refractivity contribution in [2.24, 2.45) is 47.3 Å². The fourth-order valence-corrected chi connectivity index (χ4v) is 12.1. The summed E-state index contributed by atoms with van der Waals surface area (Å²) in [4.78, 5) is 141. The third-order valence-electron chi connectivity index (χ3n) is 18.3. The first-order valence-electron chi connectivity index (χ1n) is 37.2. The van der Waals surface area contributed by atoms with Gasteiger partial charge in [-0.1, -0.05) is 123 Å². The van der Waals surface area contributed by atoms with E-state index in [0.29, 0.717) is 186 Å². The molecule has 0 aliphatic heterocycles. The molecule has 8 rings (SSSR count). The van der Waals surface area contributed by atoms with Crippen LogP contribution in [0.5, 0.6) is 11.5 Å². The average molecular weight is 1500 g/mol. The SMILES string of the molecule is C=CC(=O)OCCCCOC(=O)C1CCC(C(=O)OCCc2ccccc2)CC1.C=CC(=O)OCCCCOC(=O)C1CCC(C(=O)Oc2ccccc2)CC1.C=CC(=O)OCCOC(=O)C1CCC(C(=O)OCCc2ccccc2)CC1.C=CC(=O)OCCOC(=O)C1CCC(C(=O)Oc2ccccc2)CC1. The number of para-hydroxylation sites is 2. The van der Waals surface area contributed by atoms with Crippen LogP contribution < -0.4 is 9.47 Å². The molecule has 0 unspecified atom stereocenters. The molecule has 24 nitrogen and oxygen atoms in total. The van der Waals surface area contributed by atoms with Gasteiger partial charge in [-0.3, -0.25) is 38.4 Å². The molecule has 4 saturated carbocycles. The summed E-state index contributed by atoms with van der Waals surface area (Å²) in [6.45, 7) is 15.2. The van der Waals surface area contributed by atoms with Crippen molar-refractivity contribution in [3.8, 4) is 11.5 Å². The molecule has 0 radical (unpaired) electrons. The molecule has 0 atom stereocenters. The lowest BCUT2D eigenvalue weighted by molar-refractivity contribution is -0.157. The molecule has 4 fully saturated rings. The van der Waals surface area contributed by atoms with Gasteiger partial charge in [-0.25, -0.2) is 19.2 Å². The number of hydrogen-bond donors (Lipinski definition) is 0. The summed E-state index contributed by atoms with van der Waals surface area (Å²) in [7, 11) is 0. The third kappa shape index (κ3) is 36.2. The Morgan fingerprint density at radius 3 is 0.667 bits per heavy atom. The van der Waals surface area contributed by atoms with Crippen LogP contribution in [0.15, 0.2) is 172 Å². The lowest BCUT2D eigenvalue weighted by atomic mass is 9.82. The van der Waals surface area contributed by atoms with E-state index < -0.39 is 23.9 Å². The van der Waals surface area contributed by atoms with Crippen molar-refractivity contribution in [1.29, 1.82) is 0 Å². The van der Waals surface area contributed by atoms with Gasteiger partial charge in [0.2, 0.25) is 0 Å². The summed E-state index contributed by atoms with van der Waals surface area (Å²) in [6.07, 6.45) is 18.2. The van der Waals surface area contributed by atoms with Gasteiger partial charge >= 0.3 is 71.6 Å². The van der Waals surface area contributed by atoms with Crippen LogP contribution in [0.25, 0.3) is 0 Å². The maximum absolute atomic E-state index is 12.2. The van der Waals surface area contributed by atoms with Gasteiger partial charge in [0.1, 0.15) is 37.9 Å². The molecule has 4 aliphatic rings. The summed E-state index contributed by atoms with van der Waals surface area (Å²) >= 11 is 0. The second kappa shape index (κ2) is 52.5. The number of rotatable bonds is 36. The van der Waals surface area contributed by atoms with Crippen LogP contribution >= 0.6 is 0 Å². The first-order chi connectivity index (χ1) is 52.4. The summed E-state index contributed by atoms with van der Waals surface area (Å²) in [5.74, 6) is -4.20. The van der Waals surface area contributed by atoms with Gasteiger partial charge in [-0.2, -0.15) is 0 Å². The van der Waals surface area contributed by atoms with Gasteiger partial charge in [0.05, 0.1) is 87.0 Å². The highest BCUT2D eigenvalue weighted by molar-refractivity contribution is 5.83. The zero-order chi connectivity index (χ0) is 77.9. The Bertz CT molecular complexity index is 3430. The monoisotopic (exact) mass is 1500 g/mol. The molecule has 4 aliphatic carbocycles. The zero-order valence-corrected chi connectivity index (χ0v) is 61.7. The molecular weight excluding hydrogens is 1390 g/mol. The predicted molar refractivity (Wildman–Crippen MR) is 395 cm³/mol. The van der Waals surface area contributed by atoms with Crippen LogP contribution in [-0.4, -0.2) is 138 Å². The van der Waals surface area contributed by atoms with Crippen LogP contribution in [0.4, 0.5) is 0 Å². The van der Waals surface area contributed by atoms with Gasteiger partial charge in [-0.15, -0.1) is 0 Å². The molecule has 0 spiro atoms. The highest BCUT2D eigenvalue weighted by atomic mass is 16.6. The Hall–Kier alpha value is -10.5. The molecule has 584 valence electrons. The second-order valence-corrected chi connectivity index (χ2v) is 26.0. The van der Waals surface area contributed by atoms with Crippen LogP contribution in [-0.2, 0) is 118 Å². The highest BCUT2D eigenvalue weighted by Gasteiger charge is 2.36. The highest BCUT2D eigenvalue weighted by Crippen LogP contribution is 2.35. The van der Waals surface area contributed by atoms with E-state index in [1.54, 1.807) is 24.3 Å². The second-order valence-electron chi connectivity index (χ2n) is 26.0. The zero-order valence-electron chi connectivity index (χ0n) is 61.7. The van der Waals surface area contributed by atoms with Crippen molar-refractivity contribution >= 4 is 71.6 Å². The molecular formula is C84H104O24. The maximum atomic E-state index is 12.2. The molecule has 0 saturated heterocycles. The molecule has 0 bridgehead atoms. The van der Waals surface area contributed by atoms with E-state index in [0.717, 1.165) is 35.4 Å². The van der Waals surface area contributed by atoms with Gasteiger partial charge in [0, 0.05) is 37.1 Å². The number of benzene rings is 4. The molecule has 0 heterocycles. The van der Waals surface area contributed by atoms with E-state index in [1.165, 1.54) is 0 Å². The molecule has 4 aromatic rings. The number of hydrogen-bond acceptors (Lipinski definition) is 24. The van der Waals surface area contributed by atoms with Crippen molar-refractivity contribution in [3.63, 3.8) is 0 Å². The number of esters is 12. The summed E-state index contributed by atoms with van der Waals surface area (Å²) in [5.41, 5.74) is 2.28. The van der Waals surface area contributed by atoms with Crippen molar-refractivity contribution in [1.82, 2.24) is 0 Å². The Morgan fingerprint density at radius 1 is 0.241 bits per heavy atom. The van der Waals surface area contributed by atoms with E-state index in [-0.39, 0.29) is 128 Å². The fraction of sp³-hybridized carbons (Fsp3) is 0.476. The third-order valence-corrected chi connectivity index (χ3v) is 18.3. The summed E-state index contributed by atoms with van der Waals surface area (Å²) in [5, 5.41) is 0. The van der Waals surface area contributed by atoms with Crippen LogP contribution in [0.2, 0.25) is 0 Å². The first kappa shape index (κ1) is 88.1. The van der Waals surface area contributed by atoms with E-state index >= 15 is 0 Å². The van der Waals surface area contributed by atoms with Crippen LogP contribution in [0.1, 0.15) is 140 Å². The molecule has 4 aromatic carbocycles. The smallest absolute Gasteiger partial charge is 0.330 e.